The molecule has 0 saturated heterocycles. The van der Waals surface area contributed by atoms with Crippen LogP contribution >= 0.6 is 0 Å². The Morgan fingerprint density at radius 3 is 1.89 bits per heavy atom. The van der Waals surface area contributed by atoms with E-state index in [-0.39, 0.29) is 0 Å². The van der Waals surface area contributed by atoms with E-state index in [1.165, 1.54) is 57.9 Å². The van der Waals surface area contributed by atoms with Crippen molar-refractivity contribution in [2.24, 2.45) is 0 Å². The molecule has 1 aliphatic rings. The average molecular weight is 252 g/mol. The Morgan fingerprint density at radius 2 is 1.33 bits per heavy atom. The number of hydrogen-bond donors (Lipinski definition) is 0. The second-order valence-electron chi connectivity index (χ2n) is 5.47. The molecule has 0 fully saturated rings. The summed E-state index contributed by atoms with van der Waals surface area (Å²) in [4.78, 5) is 4.87. The molecule has 1 unspecified atom stereocenters. The van der Waals surface area contributed by atoms with Gasteiger partial charge in [0.05, 0.1) is 6.17 Å². The van der Waals surface area contributed by atoms with Crippen molar-refractivity contribution in [3.05, 3.63) is 12.4 Å². The lowest BCUT2D eigenvalue weighted by Crippen LogP contribution is -2.36. The fraction of sp³-hybridized carbons (Fsp3) is 0.875. The summed E-state index contributed by atoms with van der Waals surface area (Å²) in [6.45, 7) is 9.15. The van der Waals surface area contributed by atoms with Crippen LogP contribution in [0.15, 0.2) is 12.4 Å². The number of unbranched alkanes of at least 4 members (excludes halogenated alkanes) is 7. The van der Waals surface area contributed by atoms with Crippen molar-refractivity contribution in [1.29, 1.82) is 0 Å². The van der Waals surface area contributed by atoms with Gasteiger partial charge in [0, 0.05) is 25.5 Å². The van der Waals surface area contributed by atoms with E-state index in [2.05, 4.69) is 43.0 Å². The summed E-state index contributed by atoms with van der Waals surface area (Å²) in [6, 6.07) is 0. The van der Waals surface area contributed by atoms with Crippen LogP contribution in [0.2, 0.25) is 0 Å². The molecule has 0 bridgehead atoms. The zero-order valence-electron chi connectivity index (χ0n) is 12.7. The molecule has 1 heterocycles. The summed E-state index contributed by atoms with van der Waals surface area (Å²) >= 11 is 0. The van der Waals surface area contributed by atoms with Crippen molar-refractivity contribution in [3.63, 3.8) is 0 Å². The largest absolute Gasteiger partial charge is 0.357 e. The molecule has 0 aromatic rings. The first-order valence-corrected chi connectivity index (χ1v) is 7.99. The first-order chi connectivity index (χ1) is 8.79. The second-order valence-corrected chi connectivity index (χ2v) is 5.47. The molecule has 0 N–H and O–H groups in total. The van der Waals surface area contributed by atoms with Gasteiger partial charge >= 0.3 is 0 Å². The summed E-state index contributed by atoms with van der Waals surface area (Å²) in [5.74, 6) is 0. The van der Waals surface area contributed by atoms with Crippen LogP contribution < -0.4 is 0 Å². The third kappa shape index (κ3) is 5.32. The lowest BCUT2D eigenvalue weighted by molar-refractivity contribution is 0.173. The van der Waals surface area contributed by atoms with Gasteiger partial charge in [0.1, 0.15) is 0 Å². The molecule has 18 heavy (non-hydrogen) atoms. The molecule has 1 atom stereocenters. The minimum absolute atomic E-state index is 0.569. The van der Waals surface area contributed by atoms with Gasteiger partial charge in [-0.05, 0) is 20.3 Å². The van der Waals surface area contributed by atoms with Gasteiger partial charge in [0.15, 0.2) is 0 Å². The van der Waals surface area contributed by atoms with E-state index in [0.29, 0.717) is 6.17 Å². The topological polar surface area (TPSA) is 6.48 Å². The van der Waals surface area contributed by atoms with Gasteiger partial charge in [-0.3, -0.25) is 0 Å². The molecule has 1 aliphatic heterocycles. The minimum Gasteiger partial charge on any atom is -0.357 e. The molecule has 2 heteroatoms. The zero-order valence-corrected chi connectivity index (χ0v) is 12.7. The highest BCUT2D eigenvalue weighted by molar-refractivity contribution is 4.94. The van der Waals surface area contributed by atoms with Crippen LogP contribution in [0.3, 0.4) is 0 Å². The normalized spacial score (nSPS) is 18.9. The van der Waals surface area contributed by atoms with Crippen LogP contribution in [0.5, 0.6) is 0 Å². The quantitative estimate of drug-likeness (QED) is 0.525. The average Bonchev–Trinajstić information content (AvgIpc) is 2.73. The van der Waals surface area contributed by atoms with Crippen LogP contribution in [0.4, 0.5) is 0 Å². The van der Waals surface area contributed by atoms with Gasteiger partial charge in [-0.25, -0.2) is 0 Å². The summed E-state index contributed by atoms with van der Waals surface area (Å²) in [5, 5.41) is 0. The SMILES string of the molecule is CCCCCCCCCCN1C=CN(CC)C1C. The number of rotatable bonds is 10. The molecule has 2 nitrogen and oxygen atoms in total. The van der Waals surface area contributed by atoms with Gasteiger partial charge in [-0.2, -0.15) is 0 Å². The summed E-state index contributed by atoms with van der Waals surface area (Å²) in [5.41, 5.74) is 0. The van der Waals surface area contributed by atoms with Crippen LogP contribution in [0, 0.1) is 0 Å². The summed E-state index contributed by atoms with van der Waals surface area (Å²) < 4.78 is 0. The lowest BCUT2D eigenvalue weighted by atomic mass is 10.1. The second kappa shape index (κ2) is 9.29. The molecule has 1 rings (SSSR count). The van der Waals surface area contributed by atoms with Gasteiger partial charge in [0.2, 0.25) is 0 Å². The maximum Gasteiger partial charge on any atom is 0.0977 e. The van der Waals surface area contributed by atoms with Crippen molar-refractivity contribution in [3.8, 4) is 0 Å². The van der Waals surface area contributed by atoms with Crippen molar-refractivity contribution in [2.45, 2.75) is 78.3 Å². The van der Waals surface area contributed by atoms with Crippen molar-refractivity contribution in [2.75, 3.05) is 13.1 Å². The van der Waals surface area contributed by atoms with Crippen LogP contribution in [0.1, 0.15) is 72.1 Å². The third-order valence-corrected chi connectivity index (χ3v) is 4.04. The van der Waals surface area contributed by atoms with Crippen molar-refractivity contribution in [1.82, 2.24) is 9.80 Å². The van der Waals surface area contributed by atoms with E-state index in [4.69, 9.17) is 0 Å². The molecular weight excluding hydrogens is 220 g/mol. The fourth-order valence-electron chi connectivity index (χ4n) is 2.67. The van der Waals surface area contributed by atoms with E-state index in [0.717, 1.165) is 6.54 Å². The number of hydrogen-bond acceptors (Lipinski definition) is 2. The standard InChI is InChI=1S/C16H32N2/c1-4-6-7-8-9-10-11-12-13-18-15-14-17(5-2)16(18)3/h14-16H,4-13H2,1-3H3. The molecule has 0 amide bonds. The molecule has 0 saturated carbocycles. The Hall–Kier alpha value is -0.660. The van der Waals surface area contributed by atoms with Crippen molar-refractivity contribution >= 4 is 0 Å². The molecule has 0 aromatic heterocycles. The van der Waals surface area contributed by atoms with Crippen molar-refractivity contribution < 1.29 is 0 Å². The van der Waals surface area contributed by atoms with Crippen LogP contribution in [0.25, 0.3) is 0 Å². The molecule has 0 radical (unpaired) electrons. The Balaban J connectivity index is 1.94. The zero-order chi connectivity index (χ0) is 13.2. The maximum atomic E-state index is 2.47. The Morgan fingerprint density at radius 1 is 0.778 bits per heavy atom. The summed E-state index contributed by atoms with van der Waals surface area (Å²) in [7, 11) is 0. The number of nitrogens with zero attached hydrogens (tertiary/aromatic N) is 2. The summed E-state index contributed by atoms with van der Waals surface area (Å²) in [6.07, 6.45) is 16.3. The van der Waals surface area contributed by atoms with E-state index in [1.807, 2.05) is 0 Å². The third-order valence-electron chi connectivity index (χ3n) is 4.04. The molecule has 0 aliphatic carbocycles. The predicted molar refractivity (Wildman–Crippen MR) is 80.3 cm³/mol. The predicted octanol–water partition coefficient (Wildman–Crippen LogP) is 4.58. The van der Waals surface area contributed by atoms with E-state index in [9.17, 15) is 0 Å². The van der Waals surface area contributed by atoms with E-state index >= 15 is 0 Å². The molecule has 0 aromatic carbocycles. The first-order valence-electron chi connectivity index (χ1n) is 7.99. The molecular formula is C16H32N2. The van der Waals surface area contributed by atoms with Crippen LogP contribution in [-0.4, -0.2) is 29.1 Å². The first kappa shape index (κ1) is 15.4. The Kier molecular flexibility index (Phi) is 7.95. The fourth-order valence-corrected chi connectivity index (χ4v) is 2.67. The highest BCUT2D eigenvalue weighted by Gasteiger charge is 2.19. The molecule has 106 valence electrons. The Bertz CT molecular complexity index is 225. The smallest absolute Gasteiger partial charge is 0.0977 e. The van der Waals surface area contributed by atoms with Crippen LogP contribution in [-0.2, 0) is 0 Å². The van der Waals surface area contributed by atoms with Gasteiger partial charge in [-0.15, -0.1) is 0 Å². The van der Waals surface area contributed by atoms with Gasteiger partial charge in [-0.1, -0.05) is 51.9 Å². The molecule has 0 spiro atoms. The highest BCUT2D eigenvalue weighted by atomic mass is 15.4. The van der Waals surface area contributed by atoms with Gasteiger partial charge < -0.3 is 9.80 Å². The maximum absolute atomic E-state index is 2.47. The Labute approximate surface area is 114 Å². The monoisotopic (exact) mass is 252 g/mol. The highest BCUT2D eigenvalue weighted by Crippen LogP contribution is 2.16. The lowest BCUT2D eigenvalue weighted by Gasteiger charge is -2.28. The van der Waals surface area contributed by atoms with Gasteiger partial charge in [0.25, 0.3) is 0 Å². The minimum atomic E-state index is 0.569. The van der Waals surface area contributed by atoms with E-state index in [1.54, 1.807) is 0 Å². The van der Waals surface area contributed by atoms with E-state index < -0.39 is 0 Å².